The molecular weight excluding hydrogens is 238 g/mol. The molecule has 0 atom stereocenters. The highest BCUT2D eigenvalue weighted by Crippen LogP contribution is 2.23. The topological polar surface area (TPSA) is 46.1 Å². The summed E-state index contributed by atoms with van der Waals surface area (Å²) in [7, 11) is 0. The van der Waals surface area contributed by atoms with E-state index in [1.807, 2.05) is 30.5 Å². The van der Waals surface area contributed by atoms with E-state index in [0.29, 0.717) is 5.78 Å². The molecule has 98 valence electrons. The Morgan fingerprint density at radius 2 is 1.89 bits per heavy atom. The number of piperidine rings is 1. The second-order valence-corrected chi connectivity index (χ2v) is 5.09. The Morgan fingerprint density at radius 3 is 2.58 bits per heavy atom. The predicted molar refractivity (Wildman–Crippen MR) is 75.2 cm³/mol. The molecule has 1 saturated heterocycles. The van der Waals surface area contributed by atoms with Gasteiger partial charge in [-0.15, -0.1) is 0 Å². The molecule has 3 rings (SSSR count). The minimum absolute atomic E-state index is 0.227. The highest BCUT2D eigenvalue weighted by atomic mass is 16.1. The fourth-order valence-corrected chi connectivity index (χ4v) is 2.61. The van der Waals surface area contributed by atoms with Crippen LogP contribution in [0.3, 0.4) is 0 Å². The number of fused-ring (bicyclic) bond motifs is 1. The van der Waals surface area contributed by atoms with Crippen LogP contribution in [0.1, 0.15) is 19.8 Å². The van der Waals surface area contributed by atoms with Crippen molar-refractivity contribution in [3.05, 3.63) is 30.5 Å². The SMILES string of the molecule is CC(=O)C1CCN(c2cnc3ccccc3n2)CC1. The number of hydrogen-bond donors (Lipinski definition) is 0. The molecule has 2 heterocycles. The molecule has 1 aliphatic heterocycles. The van der Waals surface area contributed by atoms with Crippen molar-refractivity contribution in [3.8, 4) is 0 Å². The molecule has 4 heteroatoms. The lowest BCUT2D eigenvalue weighted by Gasteiger charge is -2.31. The molecule has 0 bridgehead atoms. The molecule has 2 aromatic rings. The third kappa shape index (κ3) is 2.43. The van der Waals surface area contributed by atoms with Gasteiger partial charge < -0.3 is 4.90 Å². The standard InChI is InChI=1S/C15H17N3O/c1-11(19)12-6-8-18(9-7-12)15-10-16-13-4-2-3-5-14(13)17-15/h2-5,10,12H,6-9H2,1H3. The van der Waals surface area contributed by atoms with E-state index in [1.165, 1.54) is 0 Å². The summed E-state index contributed by atoms with van der Waals surface area (Å²) in [6, 6.07) is 7.89. The normalized spacial score (nSPS) is 16.8. The van der Waals surface area contributed by atoms with Gasteiger partial charge in [-0.1, -0.05) is 12.1 Å². The van der Waals surface area contributed by atoms with Crippen molar-refractivity contribution in [1.29, 1.82) is 0 Å². The van der Waals surface area contributed by atoms with E-state index >= 15 is 0 Å². The number of nitrogens with zero attached hydrogens (tertiary/aromatic N) is 3. The van der Waals surface area contributed by atoms with E-state index in [2.05, 4.69) is 14.9 Å². The smallest absolute Gasteiger partial charge is 0.147 e. The van der Waals surface area contributed by atoms with Gasteiger partial charge in [0, 0.05) is 19.0 Å². The molecule has 1 aliphatic rings. The van der Waals surface area contributed by atoms with Gasteiger partial charge in [0.25, 0.3) is 0 Å². The van der Waals surface area contributed by atoms with E-state index in [1.54, 1.807) is 6.92 Å². The Labute approximate surface area is 112 Å². The van der Waals surface area contributed by atoms with Gasteiger partial charge in [-0.25, -0.2) is 4.98 Å². The van der Waals surface area contributed by atoms with Gasteiger partial charge in [-0.05, 0) is 31.9 Å². The van der Waals surface area contributed by atoms with Crippen LogP contribution in [-0.2, 0) is 4.79 Å². The van der Waals surface area contributed by atoms with E-state index in [-0.39, 0.29) is 5.92 Å². The molecule has 1 aromatic heterocycles. The van der Waals surface area contributed by atoms with Gasteiger partial charge in [-0.3, -0.25) is 9.78 Å². The zero-order valence-corrected chi connectivity index (χ0v) is 11.0. The van der Waals surface area contributed by atoms with E-state index < -0.39 is 0 Å². The number of Topliss-reactive ketones (excluding diaryl/α,β-unsaturated/α-hetero) is 1. The Bertz CT molecular complexity index is 603. The average Bonchev–Trinajstić information content (AvgIpc) is 2.47. The first-order chi connectivity index (χ1) is 9.24. The molecular formula is C15H17N3O. The fraction of sp³-hybridized carbons (Fsp3) is 0.400. The Hall–Kier alpha value is -1.97. The van der Waals surface area contributed by atoms with Crippen LogP contribution in [0, 0.1) is 5.92 Å². The van der Waals surface area contributed by atoms with Crippen molar-refractivity contribution < 1.29 is 4.79 Å². The third-order valence-corrected chi connectivity index (χ3v) is 3.83. The summed E-state index contributed by atoms with van der Waals surface area (Å²) in [6.45, 7) is 3.46. The number of rotatable bonds is 2. The fourth-order valence-electron chi connectivity index (χ4n) is 2.61. The zero-order valence-electron chi connectivity index (χ0n) is 11.0. The number of benzene rings is 1. The number of carbonyl (C=O) groups is 1. The summed E-state index contributed by atoms with van der Waals surface area (Å²) in [6.07, 6.45) is 3.67. The summed E-state index contributed by atoms with van der Waals surface area (Å²) >= 11 is 0. The summed E-state index contributed by atoms with van der Waals surface area (Å²) in [4.78, 5) is 22.7. The van der Waals surface area contributed by atoms with Crippen molar-refractivity contribution in [1.82, 2.24) is 9.97 Å². The highest BCUT2D eigenvalue weighted by molar-refractivity contribution is 5.78. The molecule has 0 spiro atoms. The molecule has 0 N–H and O–H groups in total. The molecule has 0 saturated carbocycles. The lowest BCUT2D eigenvalue weighted by molar-refractivity contribution is -0.121. The molecule has 1 aromatic carbocycles. The van der Waals surface area contributed by atoms with Gasteiger partial charge in [-0.2, -0.15) is 0 Å². The summed E-state index contributed by atoms with van der Waals surface area (Å²) in [5.74, 6) is 1.45. The first kappa shape index (κ1) is 12.1. The molecule has 1 fully saturated rings. The van der Waals surface area contributed by atoms with E-state index in [0.717, 1.165) is 42.8 Å². The predicted octanol–water partition coefficient (Wildman–Crippen LogP) is 2.44. The van der Waals surface area contributed by atoms with Gasteiger partial charge >= 0.3 is 0 Å². The Morgan fingerprint density at radius 1 is 1.21 bits per heavy atom. The number of ketones is 1. The van der Waals surface area contributed by atoms with Crippen molar-refractivity contribution in [3.63, 3.8) is 0 Å². The second-order valence-electron chi connectivity index (χ2n) is 5.09. The second kappa shape index (κ2) is 4.96. The van der Waals surface area contributed by atoms with Crippen LogP contribution in [0.4, 0.5) is 5.82 Å². The summed E-state index contributed by atoms with van der Waals surface area (Å²) in [5, 5.41) is 0. The molecule has 0 radical (unpaired) electrons. The van der Waals surface area contributed by atoms with Gasteiger partial charge in [0.2, 0.25) is 0 Å². The number of carbonyl (C=O) groups excluding carboxylic acids is 1. The molecule has 0 amide bonds. The zero-order chi connectivity index (χ0) is 13.2. The molecule has 0 unspecified atom stereocenters. The molecule has 4 nitrogen and oxygen atoms in total. The van der Waals surface area contributed by atoms with Crippen LogP contribution in [0.15, 0.2) is 30.5 Å². The number of para-hydroxylation sites is 2. The Balaban J connectivity index is 1.80. The van der Waals surface area contributed by atoms with E-state index in [9.17, 15) is 4.79 Å². The number of anilines is 1. The van der Waals surface area contributed by atoms with Crippen LogP contribution in [0.5, 0.6) is 0 Å². The van der Waals surface area contributed by atoms with Crippen LogP contribution in [0.2, 0.25) is 0 Å². The maximum atomic E-state index is 11.4. The monoisotopic (exact) mass is 255 g/mol. The summed E-state index contributed by atoms with van der Waals surface area (Å²) < 4.78 is 0. The largest absolute Gasteiger partial charge is 0.355 e. The van der Waals surface area contributed by atoms with Crippen molar-refractivity contribution in [2.75, 3.05) is 18.0 Å². The highest BCUT2D eigenvalue weighted by Gasteiger charge is 2.23. The van der Waals surface area contributed by atoms with Gasteiger partial charge in [0.15, 0.2) is 0 Å². The van der Waals surface area contributed by atoms with Crippen LogP contribution in [-0.4, -0.2) is 28.8 Å². The Kier molecular flexibility index (Phi) is 3.15. The number of aromatic nitrogens is 2. The van der Waals surface area contributed by atoms with E-state index in [4.69, 9.17) is 0 Å². The van der Waals surface area contributed by atoms with Crippen molar-refractivity contribution in [2.24, 2.45) is 5.92 Å². The summed E-state index contributed by atoms with van der Waals surface area (Å²) in [5.41, 5.74) is 1.85. The minimum Gasteiger partial charge on any atom is -0.355 e. The average molecular weight is 255 g/mol. The first-order valence-corrected chi connectivity index (χ1v) is 6.71. The lowest BCUT2D eigenvalue weighted by atomic mass is 9.93. The van der Waals surface area contributed by atoms with Crippen LogP contribution < -0.4 is 4.90 Å². The van der Waals surface area contributed by atoms with Crippen LogP contribution >= 0.6 is 0 Å². The minimum atomic E-state index is 0.227. The maximum Gasteiger partial charge on any atom is 0.147 e. The van der Waals surface area contributed by atoms with Crippen molar-refractivity contribution >= 4 is 22.6 Å². The third-order valence-electron chi connectivity index (χ3n) is 3.83. The maximum absolute atomic E-state index is 11.4. The lowest BCUT2D eigenvalue weighted by Crippen LogP contribution is -2.36. The first-order valence-electron chi connectivity index (χ1n) is 6.71. The molecule has 19 heavy (non-hydrogen) atoms. The van der Waals surface area contributed by atoms with Crippen molar-refractivity contribution in [2.45, 2.75) is 19.8 Å². The quantitative estimate of drug-likeness (QED) is 0.827. The molecule has 0 aliphatic carbocycles. The van der Waals surface area contributed by atoms with Crippen LogP contribution in [0.25, 0.3) is 11.0 Å². The van der Waals surface area contributed by atoms with Gasteiger partial charge in [0.05, 0.1) is 17.2 Å². The van der Waals surface area contributed by atoms with Gasteiger partial charge in [0.1, 0.15) is 11.6 Å². The number of hydrogen-bond acceptors (Lipinski definition) is 4.